The molecule has 1 saturated heterocycles. The van der Waals surface area contributed by atoms with Crippen molar-refractivity contribution in [3.8, 4) is 0 Å². The molecule has 2 unspecified atom stereocenters. The van der Waals surface area contributed by atoms with Crippen LogP contribution in [0.4, 0.5) is 0 Å². The van der Waals surface area contributed by atoms with Gasteiger partial charge in [-0.1, -0.05) is 6.92 Å². The van der Waals surface area contributed by atoms with E-state index >= 15 is 0 Å². The van der Waals surface area contributed by atoms with Crippen molar-refractivity contribution in [2.75, 3.05) is 5.75 Å². The summed E-state index contributed by atoms with van der Waals surface area (Å²) in [5.74, 6) is 1.34. The van der Waals surface area contributed by atoms with E-state index in [0.717, 1.165) is 11.8 Å². The van der Waals surface area contributed by atoms with Crippen LogP contribution in [0.1, 0.15) is 24.6 Å². The predicted octanol–water partition coefficient (Wildman–Crippen LogP) is 3.88. The summed E-state index contributed by atoms with van der Waals surface area (Å²) in [6.45, 7) is 3.35. The Bertz CT molecular complexity index is 313. The molecule has 2 rings (SSSR count). The van der Waals surface area contributed by atoms with Gasteiger partial charge in [-0.2, -0.15) is 11.8 Å². The van der Waals surface area contributed by atoms with Crippen molar-refractivity contribution < 1.29 is 0 Å². The third-order valence-corrected chi connectivity index (χ3v) is 6.13. The first-order valence-electron chi connectivity index (χ1n) is 5.34. The molecular weight excluding hydrogens is 290 g/mol. The van der Waals surface area contributed by atoms with Crippen molar-refractivity contribution >= 4 is 39.0 Å². The summed E-state index contributed by atoms with van der Waals surface area (Å²) in [6, 6.07) is 2.82. The summed E-state index contributed by atoms with van der Waals surface area (Å²) in [5, 5.41) is 6.57. The smallest absolute Gasteiger partial charge is 0.0327 e. The van der Waals surface area contributed by atoms with E-state index in [9.17, 15) is 0 Å². The highest BCUT2D eigenvalue weighted by Crippen LogP contribution is 2.27. The maximum atomic E-state index is 3.67. The Balaban J connectivity index is 1.84. The Morgan fingerprint density at radius 2 is 2.47 bits per heavy atom. The number of thioether (sulfide) groups is 1. The topological polar surface area (TPSA) is 12.0 Å². The normalized spacial score (nSPS) is 26.8. The molecule has 1 N–H and O–H groups in total. The largest absolute Gasteiger partial charge is 0.308 e. The predicted molar refractivity (Wildman–Crippen MR) is 73.8 cm³/mol. The monoisotopic (exact) mass is 305 g/mol. The van der Waals surface area contributed by atoms with Crippen LogP contribution in [0.15, 0.2) is 15.9 Å². The lowest BCUT2D eigenvalue weighted by Crippen LogP contribution is -2.38. The average Bonchev–Trinajstić information content (AvgIpc) is 2.63. The lowest BCUT2D eigenvalue weighted by molar-refractivity contribution is 0.463. The number of rotatable bonds is 3. The molecule has 0 bridgehead atoms. The number of halogens is 1. The minimum atomic E-state index is 0.692. The van der Waals surface area contributed by atoms with E-state index in [4.69, 9.17) is 0 Å². The summed E-state index contributed by atoms with van der Waals surface area (Å²) in [5.41, 5.74) is 0. The third kappa shape index (κ3) is 3.22. The fourth-order valence-electron chi connectivity index (χ4n) is 1.87. The van der Waals surface area contributed by atoms with Gasteiger partial charge in [0.2, 0.25) is 0 Å². The molecule has 1 aliphatic rings. The molecule has 1 nitrogen and oxygen atoms in total. The second-order valence-corrected chi connectivity index (χ2v) is 7.24. The first-order chi connectivity index (χ1) is 7.27. The van der Waals surface area contributed by atoms with E-state index in [1.165, 1.54) is 27.9 Å². The maximum absolute atomic E-state index is 3.67. The minimum Gasteiger partial charge on any atom is -0.308 e. The van der Waals surface area contributed by atoms with Gasteiger partial charge in [0.05, 0.1) is 0 Å². The number of hydrogen-bond donors (Lipinski definition) is 1. The molecule has 15 heavy (non-hydrogen) atoms. The molecule has 0 aromatic carbocycles. The number of hydrogen-bond acceptors (Lipinski definition) is 3. The van der Waals surface area contributed by atoms with Crippen molar-refractivity contribution in [2.45, 2.75) is 37.6 Å². The molecule has 4 heteroatoms. The SMILES string of the molecule is CC1SCCCC1NCc1sccc1Br. The summed E-state index contributed by atoms with van der Waals surface area (Å²) in [6.07, 6.45) is 2.69. The van der Waals surface area contributed by atoms with Crippen LogP contribution in [-0.4, -0.2) is 17.0 Å². The summed E-state index contributed by atoms with van der Waals surface area (Å²) >= 11 is 7.49. The summed E-state index contributed by atoms with van der Waals surface area (Å²) < 4.78 is 1.25. The Morgan fingerprint density at radius 3 is 3.13 bits per heavy atom. The van der Waals surface area contributed by atoms with Crippen molar-refractivity contribution in [1.82, 2.24) is 5.32 Å². The Hall–Kier alpha value is 0.490. The van der Waals surface area contributed by atoms with Crippen molar-refractivity contribution in [2.24, 2.45) is 0 Å². The van der Waals surface area contributed by atoms with Crippen molar-refractivity contribution in [3.05, 3.63) is 20.8 Å². The van der Waals surface area contributed by atoms with Crippen LogP contribution in [0.5, 0.6) is 0 Å². The fraction of sp³-hybridized carbons (Fsp3) is 0.636. The Kier molecular flexibility index (Phi) is 4.55. The van der Waals surface area contributed by atoms with Crippen LogP contribution < -0.4 is 5.32 Å². The van der Waals surface area contributed by atoms with Crippen LogP contribution in [0.2, 0.25) is 0 Å². The maximum Gasteiger partial charge on any atom is 0.0327 e. The highest BCUT2D eigenvalue weighted by molar-refractivity contribution is 9.10. The molecule has 0 radical (unpaired) electrons. The van der Waals surface area contributed by atoms with E-state index < -0.39 is 0 Å². The van der Waals surface area contributed by atoms with Crippen LogP contribution in [0.25, 0.3) is 0 Å². The van der Waals surface area contributed by atoms with Gasteiger partial charge in [-0.15, -0.1) is 11.3 Å². The second-order valence-electron chi connectivity index (χ2n) is 3.90. The fourth-order valence-corrected chi connectivity index (χ4v) is 4.48. The molecule has 84 valence electrons. The van der Waals surface area contributed by atoms with Crippen LogP contribution in [-0.2, 0) is 6.54 Å². The first-order valence-corrected chi connectivity index (χ1v) is 8.06. The van der Waals surface area contributed by atoms with Crippen molar-refractivity contribution in [3.63, 3.8) is 0 Å². The lowest BCUT2D eigenvalue weighted by Gasteiger charge is -2.29. The van der Waals surface area contributed by atoms with E-state index in [0.29, 0.717) is 6.04 Å². The highest BCUT2D eigenvalue weighted by atomic mass is 79.9. The van der Waals surface area contributed by atoms with E-state index in [-0.39, 0.29) is 0 Å². The number of nitrogens with one attached hydrogen (secondary N) is 1. The van der Waals surface area contributed by atoms with E-state index in [2.05, 4.69) is 51.4 Å². The molecule has 0 amide bonds. The van der Waals surface area contributed by atoms with Gasteiger partial charge in [0.1, 0.15) is 0 Å². The molecule has 1 aromatic heterocycles. The van der Waals surface area contributed by atoms with Crippen LogP contribution in [0, 0.1) is 0 Å². The van der Waals surface area contributed by atoms with Gasteiger partial charge in [0.25, 0.3) is 0 Å². The quantitative estimate of drug-likeness (QED) is 0.909. The zero-order chi connectivity index (χ0) is 10.7. The summed E-state index contributed by atoms with van der Waals surface area (Å²) in [4.78, 5) is 1.41. The van der Waals surface area contributed by atoms with Crippen molar-refractivity contribution in [1.29, 1.82) is 0 Å². The Morgan fingerprint density at radius 1 is 1.60 bits per heavy atom. The van der Waals surface area contributed by atoms with Gasteiger partial charge >= 0.3 is 0 Å². The van der Waals surface area contributed by atoms with Gasteiger partial charge in [0, 0.05) is 27.2 Å². The number of thiophene rings is 1. The molecular formula is C11H16BrNS2. The molecule has 0 saturated carbocycles. The van der Waals surface area contributed by atoms with Gasteiger partial charge < -0.3 is 5.32 Å². The van der Waals surface area contributed by atoms with E-state index in [1.807, 2.05) is 11.3 Å². The Labute approximate surface area is 108 Å². The zero-order valence-electron chi connectivity index (χ0n) is 8.83. The first kappa shape index (κ1) is 12.0. The third-order valence-electron chi connectivity index (χ3n) is 2.82. The van der Waals surface area contributed by atoms with Gasteiger partial charge in [-0.25, -0.2) is 0 Å². The van der Waals surface area contributed by atoms with Crippen LogP contribution >= 0.6 is 39.0 Å². The zero-order valence-corrected chi connectivity index (χ0v) is 12.1. The summed E-state index contributed by atoms with van der Waals surface area (Å²) in [7, 11) is 0. The molecule has 1 aliphatic heterocycles. The van der Waals surface area contributed by atoms with E-state index in [1.54, 1.807) is 0 Å². The average molecular weight is 306 g/mol. The van der Waals surface area contributed by atoms with Crippen LogP contribution in [0.3, 0.4) is 0 Å². The van der Waals surface area contributed by atoms with Gasteiger partial charge in [-0.3, -0.25) is 0 Å². The second kappa shape index (κ2) is 5.71. The molecule has 1 fully saturated rings. The molecule has 0 aliphatic carbocycles. The highest BCUT2D eigenvalue weighted by Gasteiger charge is 2.21. The lowest BCUT2D eigenvalue weighted by atomic mass is 10.1. The molecule has 1 aromatic rings. The molecule has 2 atom stereocenters. The van der Waals surface area contributed by atoms with Gasteiger partial charge in [0.15, 0.2) is 0 Å². The molecule has 2 heterocycles. The standard InChI is InChI=1S/C11H16BrNS2/c1-8-10(3-2-5-14-8)13-7-11-9(12)4-6-15-11/h4,6,8,10,13H,2-3,5,7H2,1H3. The van der Waals surface area contributed by atoms with Gasteiger partial charge in [-0.05, 0) is 46.0 Å². The minimum absolute atomic E-state index is 0.692. The molecule has 0 spiro atoms.